The average molecular weight is 312 g/mol. The molecule has 0 saturated carbocycles. The van der Waals surface area contributed by atoms with E-state index in [1.54, 1.807) is 18.2 Å². The lowest BCUT2D eigenvalue weighted by Crippen LogP contribution is -2.26. The van der Waals surface area contributed by atoms with Crippen molar-refractivity contribution in [2.24, 2.45) is 0 Å². The minimum atomic E-state index is -0.490. The lowest BCUT2D eigenvalue weighted by atomic mass is 10.2. The van der Waals surface area contributed by atoms with Crippen LogP contribution in [0.2, 0.25) is 0 Å². The molecule has 0 saturated heterocycles. The van der Waals surface area contributed by atoms with Crippen molar-refractivity contribution in [3.05, 3.63) is 72.1 Å². The van der Waals surface area contributed by atoms with Crippen molar-refractivity contribution in [2.45, 2.75) is 6.42 Å². The van der Waals surface area contributed by atoms with Gasteiger partial charge in [0, 0.05) is 19.0 Å². The van der Waals surface area contributed by atoms with E-state index in [1.807, 2.05) is 30.3 Å². The molecule has 4 nitrogen and oxygen atoms in total. The standard InChI is InChI=1S/C18H17FN2O2/c19-15-8-4-5-9-16(15)21-18(23)12-13-20-17(22)11-10-14-6-2-1-3-7-14/h1-11H,12-13H2,(H,20,22)(H,21,23)/b11-10+. The summed E-state index contributed by atoms with van der Waals surface area (Å²) in [5.74, 6) is -1.13. The number of anilines is 1. The summed E-state index contributed by atoms with van der Waals surface area (Å²) in [5, 5.41) is 5.06. The van der Waals surface area contributed by atoms with Gasteiger partial charge in [-0.1, -0.05) is 42.5 Å². The number of nitrogens with one attached hydrogen (secondary N) is 2. The molecule has 0 heterocycles. The maximum Gasteiger partial charge on any atom is 0.244 e. The first-order chi connectivity index (χ1) is 11.1. The molecule has 118 valence electrons. The summed E-state index contributed by atoms with van der Waals surface area (Å²) in [6.45, 7) is 0.179. The van der Waals surface area contributed by atoms with E-state index < -0.39 is 5.82 Å². The summed E-state index contributed by atoms with van der Waals surface area (Å²) in [6, 6.07) is 15.3. The molecule has 0 unspecified atom stereocenters. The molecule has 0 spiro atoms. The van der Waals surface area contributed by atoms with Gasteiger partial charge in [-0.2, -0.15) is 0 Å². The Morgan fingerprint density at radius 3 is 2.43 bits per heavy atom. The number of halogens is 1. The second-order valence-corrected chi connectivity index (χ2v) is 4.81. The van der Waals surface area contributed by atoms with E-state index in [9.17, 15) is 14.0 Å². The average Bonchev–Trinajstić information content (AvgIpc) is 2.56. The number of para-hydroxylation sites is 1. The minimum absolute atomic E-state index is 0.0687. The van der Waals surface area contributed by atoms with E-state index in [-0.39, 0.29) is 30.5 Å². The summed E-state index contributed by atoms with van der Waals surface area (Å²) in [5.41, 5.74) is 1.05. The van der Waals surface area contributed by atoms with Crippen LogP contribution in [0.5, 0.6) is 0 Å². The van der Waals surface area contributed by atoms with Crippen LogP contribution in [0.15, 0.2) is 60.7 Å². The molecule has 2 aromatic rings. The molecule has 0 atom stereocenters. The Bertz CT molecular complexity index is 699. The second kappa shape index (κ2) is 8.48. The lowest BCUT2D eigenvalue weighted by molar-refractivity contribution is -0.117. The number of hydrogen-bond acceptors (Lipinski definition) is 2. The van der Waals surface area contributed by atoms with Crippen LogP contribution in [0.3, 0.4) is 0 Å². The molecule has 0 aliphatic heterocycles. The smallest absolute Gasteiger partial charge is 0.244 e. The molecule has 0 aliphatic rings. The van der Waals surface area contributed by atoms with Gasteiger partial charge in [0.1, 0.15) is 5.82 Å². The summed E-state index contributed by atoms with van der Waals surface area (Å²) in [4.78, 5) is 23.3. The third kappa shape index (κ3) is 5.74. The van der Waals surface area contributed by atoms with Gasteiger partial charge in [0.25, 0.3) is 0 Å². The Hall–Kier alpha value is -2.95. The van der Waals surface area contributed by atoms with Crippen molar-refractivity contribution >= 4 is 23.6 Å². The summed E-state index contributed by atoms with van der Waals surface area (Å²) >= 11 is 0. The normalized spacial score (nSPS) is 10.5. The van der Waals surface area contributed by atoms with Gasteiger partial charge in [0.15, 0.2) is 0 Å². The lowest BCUT2D eigenvalue weighted by Gasteiger charge is -2.06. The number of rotatable bonds is 6. The molecule has 0 aromatic heterocycles. The molecule has 2 rings (SSSR count). The third-order valence-electron chi connectivity index (χ3n) is 3.03. The van der Waals surface area contributed by atoms with Gasteiger partial charge in [-0.3, -0.25) is 9.59 Å². The van der Waals surface area contributed by atoms with Gasteiger partial charge in [-0.05, 0) is 23.8 Å². The van der Waals surface area contributed by atoms with Crippen LogP contribution in [0.25, 0.3) is 6.08 Å². The number of amides is 2. The Kier molecular flexibility index (Phi) is 6.06. The molecule has 23 heavy (non-hydrogen) atoms. The van der Waals surface area contributed by atoms with E-state index in [0.29, 0.717) is 0 Å². The predicted octanol–water partition coefficient (Wildman–Crippen LogP) is 2.98. The highest BCUT2D eigenvalue weighted by Gasteiger charge is 2.06. The zero-order chi connectivity index (χ0) is 16.5. The molecule has 0 bridgehead atoms. The highest BCUT2D eigenvalue weighted by molar-refractivity contribution is 5.93. The maximum atomic E-state index is 13.4. The number of carbonyl (C=O) groups is 2. The molecule has 0 aliphatic carbocycles. The zero-order valence-corrected chi connectivity index (χ0v) is 12.5. The van der Waals surface area contributed by atoms with Crippen LogP contribution in [0, 0.1) is 5.82 Å². The van der Waals surface area contributed by atoms with Gasteiger partial charge < -0.3 is 10.6 Å². The zero-order valence-electron chi connectivity index (χ0n) is 12.5. The number of hydrogen-bond donors (Lipinski definition) is 2. The highest BCUT2D eigenvalue weighted by atomic mass is 19.1. The number of carbonyl (C=O) groups excluding carboxylic acids is 2. The van der Waals surface area contributed by atoms with Crippen LogP contribution in [0.4, 0.5) is 10.1 Å². The van der Waals surface area contributed by atoms with Crippen molar-refractivity contribution in [2.75, 3.05) is 11.9 Å². The Morgan fingerprint density at radius 2 is 1.70 bits per heavy atom. The fourth-order valence-electron chi connectivity index (χ4n) is 1.87. The van der Waals surface area contributed by atoms with Gasteiger partial charge in [-0.25, -0.2) is 4.39 Å². The minimum Gasteiger partial charge on any atom is -0.352 e. The first kappa shape index (κ1) is 16.4. The Labute approximate surface area is 134 Å². The van der Waals surface area contributed by atoms with Crippen LogP contribution < -0.4 is 10.6 Å². The third-order valence-corrected chi connectivity index (χ3v) is 3.03. The van der Waals surface area contributed by atoms with Gasteiger partial charge >= 0.3 is 0 Å². The Balaban J connectivity index is 1.72. The maximum absolute atomic E-state index is 13.4. The van der Waals surface area contributed by atoms with Crippen LogP contribution >= 0.6 is 0 Å². The van der Waals surface area contributed by atoms with Crippen molar-refractivity contribution < 1.29 is 14.0 Å². The Morgan fingerprint density at radius 1 is 1.00 bits per heavy atom. The van der Waals surface area contributed by atoms with Crippen LogP contribution in [0.1, 0.15) is 12.0 Å². The molecule has 2 aromatic carbocycles. The SMILES string of the molecule is O=C(/C=C/c1ccccc1)NCCC(=O)Nc1ccccc1F. The fraction of sp³-hybridized carbons (Fsp3) is 0.111. The van der Waals surface area contributed by atoms with Gasteiger partial charge in [-0.15, -0.1) is 0 Å². The van der Waals surface area contributed by atoms with E-state index in [1.165, 1.54) is 18.2 Å². The molecule has 0 fully saturated rings. The second-order valence-electron chi connectivity index (χ2n) is 4.81. The van der Waals surface area contributed by atoms with Crippen LogP contribution in [-0.4, -0.2) is 18.4 Å². The summed E-state index contributed by atoms with van der Waals surface area (Å²) < 4.78 is 13.4. The molecule has 2 amide bonds. The summed E-state index contributed by atoms with van der Waals surface area (Å²) in [6.07, 6.45) is 3.16. The fourth-order valence-corrected chi connectivity index (χ4v) is 1.87. The van der Waals surface area contributed by atoms with E-state index in [0.717, 1.165) is 5.56 Å². The molecule has 0 radical (unpaired) electrons. The summed E-state index contributed by atoms with van der Waals surface area (Å²) in [7, 11) is 0. The topological polar surface area (TPSA) is 58.2 Å². The predicted molar refractivity (Wildman–Crippen MR) is 88.1 cm³/mol. The van der Waals surface area contributed by atoms with Crippen molar-refractivity contribution in [3.8, 4) is 0 Å². The highest BCUT2D eigenvalue weighted by Crippen LogP contribution is 2.12. The quantitative estimate of drug-likeness (QED) is 0.806. The first-order valence-corrected chi connectivity index (χ1v) is 7.20. The first-order valence-electron chi connectivity index (χ1n) is 7.20. The largest absolute Gasteiger partial charge is 0.352 e. The van der Waals surface area contributed by atoms with Gasteiger partial charge in [0.2, 0.25) is 11.8 Å². The molecular formula is C18H17FN2O2. The number of benzene rings is 2. The van der Waals surface area contributed by atoms with Crippen molar-refractivity contribution in [1.29, 1.82) is 0 Å². The monoisotopic (exact) mass is 312 g/mol. The van der Waals surface area contributed by atoms with Crippen molar-refractivity contribution in [3.63, 3.8) is 0 Å². The van der Waals surface area contributed by atoms with E-state index >= 15 is 0 Å². The van der Waals surface area contributed by atoms with Crippen molar-refractivity contribution in [1.82, 2.24) is 5.32 Å². The molecule has 5 heteroatoms. The van der Waals surface area contributed by atoms with Crippen LogP contribution in [-0.2, 0) is 9.59 Å². The van der Waals surface area contributed by atoms with Gasteiger partial charge in [0.05, 0.1) is 5.69 Å². The van der Waals surface area contributed by atoms with E-state index in [4.69, 9.17) is 0 Å². The molecule has 2 N–H and O–H groups in total. The molecular weight excluding hydrogens is 295 g/mol. The van der Waals surface area contributed by atoms with E-state index in [2.05, 4.69) is 10.6 Å².